The predicted octanol–water partition coefficient (Wildman–Crippen LogP) is 2.77. The maximum Gasteiger partial charge on any atom is 0.376 e. The van der Waals surface area contributed by atoms with E-state index in [1.54, 1.807) is 18.2 Å². The molecule has 5 heteroatoms. The summed E-state index contributed by atoms with van der Waals surface area (Å²) in [5.74, 6) is -2.44. The molecular weight excluding hydrogens is 283 g/mol. The molecule has 0 fully saturated rings. The molecular formula is C10H6BrClO3. The molecule has 0 radical (unpaired) electrons. The van der Waals surface area contributed by atoms with Crippen LogP contribution in [0.3, 0.4) is 0 Å². The van der Waals surface area contributed by atoms with E-state index in [1.165, 1.54) is 6.08 Å². The van der Waals surface area contributed by atoms with Crippen molar-refractivity contribution in [2.75, 3.05) is 0 Å². The highest BCUT2D eigenvalue weighted by molar-refractivity contribution is 9.10. The van der Waals surface area contributed by atoms with Gasteiger partial charge in [0.1, 0.15) is 0 Å². The molecule has 0 aliphatic heterocycles. The number of halogens is 2. The van der Waals surface area contributed by atoms with E-state index >= 15 is 0 Å². The molecule has 3 nitrogen and oxygen atoms in total. The van der Waals surface area contributed by atoms with E-state index < -0.39 is 11.8 Å². The van der Waals surface area contributed by atoms with Gasteiger partial charge in [0, 0.05) is 4.47 Å². The lowest BCUT2D eigenvalue weighted by molar-refractivity contribution is -0.146. The van der Waals surface area contributed by atoms with Crippen molar-refractivity contribution in [3.63, 3.8) is 0 Å². The van der Waals surface area contributed by atoms with Gasteiger partial charge in [0.15, 0.2) is 0 Å². The Bertz CT molecular complexity index is 440. The van der Waals surface area contributed by atoms with Gasteiger partial charge in [-0.15, -0.1) is 0 Å². The molecule has 0 heterocycles. The van der Waals surface area contributed by atoms with E-state index in [2.05, 4.69) is 15.9 Å². The maximum atomic E-state index is 10.7. The Balaban J connectivity index is 2.86. The van der Waals surface area contributed by atoms with Crippen molar-refractivity contribution in [1.29, 1.82) is 0 Å². The summed E-state index contributed by atoms with van der Waals surface area (Å²) in [7, 11) is 0. The molecule has 0 bridgehead atoms. The first-order chi connectivity index (χ1) is 7.00. The molecule has 0 aliphatic rings. The average Bonchev–Trinajstić information content (AvgIpc) is 2.19. The number of aliphatic carboxylic acids is 1. The van der Waals surface area contributed by atoms with Gasteiger partial charge in [-0.3, -0.25) is 4.79 Å². The van der Waals surface area contributed by atoms with E-state index in [-0.39, 0.29) is 0 Å². The topological polar surface area (TPSA) is 54.4 Å². The Hall–Kier alpha value is -1.13. The molecule has 1 rings (SSSR count). The Morgan fingerprint density at radius 1 is 1.40 bits per heavy atom. The van der Waals surface area contributed by atoms with Gasteiger partial charge in [0.2, 0.25) is 0 Å². The average molecular weight is 290 g/mol. The predicted molar refractivity (Wildman–Crippen MR) is 60.8 cm³/mol. The van der Waals surface area contributed by atoms with Crippen LogP contribution in [0.2, 0.25) is 5.02 Å². The van der Waals surface area contributed by atoms with Crippen LogP contribution in [0.5, 0.6) is 0 Å². The first-order valence-electron chi connectivity index (χ1n) is 3.91. The smallest absolute Gasteiger partial charge is 0.376 e. The lowest BCUT2D eigenvalue weighted by Crippen LogP contribution is -2.08. The Morgan fingerprint density at radius 3 is 2.60 bits per heavy atom. The van der Waals surface area contributed by atoms with Gasteiger partial charge in [0.25, 0.3) is 5.78 Å². The number of carbonyl (C=O) groups is 2. The first kappa shape index (κ1) is 11.9. The summed E-state index contributed by atoms with van der Waals surface area (Å²) < 4.78 is 0.742. The van der Waals surface area contributed by atoms with Crippen molar-refractivity contribution >= 4 is 45.4 Å². The van der Waals surface area contributed by atoms with Crippen LogP contribution >= 0.6 is 27.5 Å². The summed E-state index contributed by atoms with van der Waals surface area (Å²) in [5, 5.41) is 8.82. The molecule has 1 aromatic carbocycles. The third-order valence-electron chi connectivity index (χ3n) is 1.58. The molecule has 15 heavy (non-hydrogen) atoms. The molecule has 0 aliphatic carbocycles. The van der Waals surface area contributed by atoms with Crippen LogP contribution in [-0.2, 0) is 9.59 Å². The molecule has 0 saturated carbocycles. The molecule has 0 unspecified atom stereocenters. The number of ketones is 1. The molecule has 0 atom stereocenters. The zero-order valence-corrected chi connectivity index (χ0v) is 9.75. The fourth-order valence-electron chi connectivity index (χ4n) is 0.859. The van der Waals surface area contributed by atoms with Crippen LogP contribution in [0.1, 0.15) is 5.56 Å². The number of carbonyl (C=O) groups excluding carboxylic acids is 1. The third-order valence-corrected chi connectivity index (χ3v) is 2.81. The molecule has 0 aromatic heterocycles. The van der Waals surface area contributed by atoms with Gasteiger partial charge < -0.3 is 5.11 Å². The zero-order chi connectivity index (χ0) is 11.4. The first-order valence-corrected chi connectivity index (χ1v) is 5.08. The number of hydrogen-bond acceptors (Lipinski definition) is 2. The maximum absolute atomic E-state index is 10.7. The molecule has 0 spiro atoms. The van der Waals surface area contributed by atoms with Gasteiger partial charge in [-0.25, -0.2) is 4.79 Å². The second kappa shape index (κ2) is 5.09. The highest BCUT2D eigenvalue weighted by Gasteiger charge is 2.05. The standard InChI is InChI=1S/C10H6BrClO3/c11-7-3-1-6(5-8(7)12)2-4-9(13)10(14)15/h1-5H,(H,14,15)/b4-2+. The fourth-order valence-corrected chi connectivity index (χ4v) is 1.29. The summed E-state index contributed by atoms with van der Waals surface area (Å²) in [6, 6.07) is 5.05. The monoisotopic (exact) mass is 288 g/mol. The van der Waals surface area contributed by atoms with E-state index in [0.717, 1.165) is 10.5 Å². The SMILES string of the molecule is O=C(O)C(=O)/C=C/c1ccc(Br)c(Cl)c1. The van der Waals surface area contributed by atoms with E-state index in [1.807, 2.05) is 0 Å². The quantitative estimate of drug-likeness (QED) is 0.687. The van der Waals surface area contributed by atoms with Crippen LogP contribution < -0.4 is 0 Å². The van der Waals surface area contributed by atoms with Crippen molar-refractivity contribution in [1.82, 2.24) is 0 Å². The Morgan fingerprint density at radius 2 is 2.07 bits per heavy atom. The van der Waals surface area contributed by atoms with Crippen LogP contribution in [0.4, 0.5) is 0 Å². The molecule has 1 aromatic rings. The van der Waals surface area contributed by atoms with E-state index in [9.17, 15) is 9.59 Å². The van der Waals surface area contributed by atoms with Crippen molar-refractivity contribution < 1.29 is 14.7 Å². The van der Waals surface area contributed by atoms with Crippen LogP contribution in [0.15, 0.2) is 28.7 Å². The van der Waals surface area contributed by atoms with Gasteiger partial charge >= 0.3 is 5.97 Å². The Labute approximate surface area is 99.5 Å². The number of carboxylic acid groups (broad SMARTS) is 1. The Kier molecular flexibility index (Phi) is 4.05. The molecule has 78 valence electrons. The summed E-state index contributed by atoms with van der Waals surface area (Å²) in [6.45, 7) is 0. The number of rotatable bonds is 3. The van der Waals surface area contributed by atoms with Crippen LogP contribution in [-0.4, -0.2) is 16.9 Å². The highest BCUT2D eigenvalue weighted by atomic mass is 79.9. The summed E-state index contributed by atoms with van der Waals surface area (Å²) in [6.07, 6.45) is 2.39. The van der Waals surface area contributed by atoms with E-state index in [0.29, 0.717) is 10.6 Å². The molecule has 0 saturated heterocycles. The van der Waals surface area contributed by atoms with Crippen LogP contribution in [0.25, 0.3) is 6.08 Å². The third kappa shape index (κ3) is 3.49. The summed E-state index contributed by atoms with van der Waals surface area (Å²) in [4.78, 5) is 20.9. The lowest BCUT2D eigenvalue weighted by Gasteiger charge is -1.96. The normalized spacial score (nSPS) is 10.5. The van der Waals surface area contributed by atoms with Crippen molar-refractivity contribution in [3.05, 3.63) is 39.3 Å². The minimum Gasteiger partial charge on any atom is -0.475 e. The number of benzene rings is 1. The fraction of sp³-hybridized carbons (Fsp3) is 0. The zero-order valence-electron chi connectivity index (χ0n) is 7.41. The van der Waals surface area contributed by atoms with E-state index in [4.69, 9.17) is 16.7 Å². The second-order valence-electron chi connectivity index (χ2n) is 2.68. The number of hydrogen-bond donors (Lipinski definition) is 1. The highest BCUT2D eigenvalue weighted by Crippen LogP contribution is 2.23. The summed E-state index contributed by atoms with van der Waals surface area (Å²) in [5.41, 5.74) is 0.665. The van der Waals surface area contributed by atoms with Gasteiger partial charge in [0.05, 0.1) is 5.02 Å². The minimum absolute atomic E-state index is 0.500. The minimum atomic E-state index is -1.48. The van der Waals surface area contributed by atoms with Crippen molar-refractivity contribution in [2.24, 2.45) is 0 Å². The van der Waals surface area contributed by atoms with Crippen molar-refractivity contribution in [3.8, 4) is 0 Å². The molecule has 1 N–H and O–H groups in total. The molecule has 0 amide bonds. The lowest BCUT2D eigenvalue weighted by atomic mass is 10.2. The largest absolute Gasteiger partial charge is 0.475 e. The van der Waals surface area contributed by atoms with Gasteiger partial charge in [-0.05, 0) is 39.7 Å². The summed E-state index contributed by atoms with van der Waals surface area (Å²) >= 11 is 9.03. The van der Waals surface area contributed by atoms with Gasteiger partial charge in [-0.2, -0.15) is 0 Å². The van der Waals surface area contributed by atoms with Crippen LogP contribution in [0, 0.1) is 0 Å². The second-order valence-corrected chi connectivity index (χ2v) is 3.94. The van der Waals surface area contributed by atoms with Crippen molar-refractivity contribution in [2.45, 2.75) is 0 Å². The van der Waals surface area contributed by atoms with Gasteiger partial charge in [-0.1, -0.05) is 23.7 Å². The number of carboxylic acids is 1.